The van der Waals surface area contributed by atoms with Crippen molar-refractivity contribution in [1.82, 2.24) is 0 Å². The van der Waals surface area contributed by atoms with Gasteiger partial charge in [0.05, 0.1) is 23.8 Å². The summed E-state index contributed by atoms with van der Waals surface area (Å²) in [4.78, 5) is 11.3. The van der Waals surface area contributed by atoms with Crippen molar-refractivity contribution >= 4 is 20.5 Å². The Morgan fingerprint density at radius 2 is 2.36 bits per heavy atom. The number of ether oxygens (including phenoxy) is 1. The van der Waals surface area contributed by atoms with Crippen LogP contribution in [0.1, 0.15) is 22.8 Å². The summed E-state index contributed by atoms with van der Waals surface area (Å²) in [6.07, 6.45) is 0. The molecule has 4 heteroatoms. The molecule has 0 spiro atoms. The Bertz CT molecular complexity index is 396. The van der Waals surface area contributed by atoms with Gasteiger partial charge < -0.3 is 4.74 Å². The molecular formula is C10H10NO2P. The highest BCUT2D eigenvalue weighted by molar-refractivity contribution is 7.27. The Morgan fingerprint density at radius 3 is 2.93 bits per heavy atom. The van der Waals surface area contributed by atoms with Gasteiger partial charge in [-0.1, -0.05) is 6.07 Å². The van der Waals surface area contributed by atoms with Gasteiger partial charge in [0.2, 0.25) is 0 Å². The van der Waals surface area contributed by atoms with Gasteiger partial charge in [-0.2, -0.15) is 5.26 Å². The number of esters is 1. The minimum Gasteiger partial charge on any atom is -0.462 e. The van der Waals surface area contributed by atoms with Crippen LogP contribution in [0, 0.1) is 11.3 Å². The highest BCUT2D eigenvalue weighted by Crippen LogP contribution is 2.06. The third-order valence-electron chi connectivity index (χ3n) is 1.68. The lowest BCUT2D eigenvalue weighted by Gasteiger charge is -2.02. The Labute approximate surface area is 84.9 Å². The number of hydrogen-bond donors (Lipinski definition) is 0. The van der Waals surface area contributed by atoms with Crippen LogP contribution < -0.4 is 5.30 Å². The molecule has 1 aromatic rings. The van der Waals surface area contributed by atoms with Gasteiger partial charge in [0, 0.05) is 0 Å². The largest absolute Gasteiger partial charge is 0.462 e. The van der Waals surface area contributed by atoms with E-state index in [0.29, 0.717) is 17.7 Å². The van der Waals surface area contributed by atoms with Crippen LogP contribution in [-0.2, 0) is 4.74 Å². The molecule has 14 heavy (non-hydrogen) atoms. The van der Waals surface area contributed by atoms with Gasteiger partial charge in [0.15, 0.2) is 0 Å². The molecule has 1 rings (SSSR count). The summed E-state index contributed by atoms with van der Waals surface area (Å²) in [6, 6.07) is 6.88. The van der Waals surface area contributed by atoms with E-state index in [1.165, 1.54) is 6.07 Å². The number of carbonyl (C=O) groups excluding carboxylic acids is 1. The maximum Gasteiger partial charge on any atom is 0.338 e. The average molecular weight is 207 g/mol. The summed E-state index contributed by atoms with van der Waals surface area (Å²) in [5.41, 5.74) is 0.884. The summed E-state index contributed by atoms with van der Waals surface area (Å²) in [7, 11) is 2.44. The standard InChI is InChI=1S/C10H10NO2P/c1-2-13-10(12)7-3-4-9(14)8(5-7)6-11/h3-5H,2,14H2,1H3. The van der Waals surface area contributed by atoms with Gasteiger partial charge in [-0.3, -0.25) is 0 Å². The molecule has 0 N–H and O–H groups in total. The Hall–Kier alpha value is -1.39. The molecule has 0 aromatic heterocycles. The van der Waals surface area contributed by atoms with Crippen molar-refractivity contribution in [2.24, 2.45) is 0 Å². The van der Waals surface area contributed by atoms with Gasteiger partial charge in [0.25, 0.3) is 0 Å². The Kier molecular flexibility index (Phi) is 3.62. The topological polar surface area (TPSA) is 50.1 Å². The fraction of sp³-hybridized carbons (Fsp3) is 0.200. The van der Waals surface area contributed by atoms with Crippen molar-refractivity contribution < 1.29 is 9.53 Å². The van der Waals surface area contributed by atoms with E-state index in [1.54, 1.807) is 19.1 Å². The zero-order chi connectivity index (χ0) is 10.6. The minimum atomic E-state index is -0.394. The molecule has 0 radical (unpaired) electrons. The van der Waals surface area contributed by atoms with Crippen molar-refractivity contribution in [3.63, 3.8) is 0 Å². The second kappa shape index (κ2) is 4.74. The molecule has 0 saturated heterocycles. The van der Waals surface area contributed by atoms with E-state index >= 15 is 0 Å². The van der Waals surface area contributed by atoms with E-state index in [0.717, 1.165) is 5.30 Å². The van der Waals surface area contributed by atoms with Crippen LogP contribution in [0.25, 0.3) is 0 Å². The second-order valence-electron chi connectivity index (χ2n) is 2.63. The first-order valence-electron chi connectivity index (χ1n) is 4.15. The molecule has 0 fully saturated rings. The lowest BCUT2D eigenvalue weighted by Crippen LogP contribution is -2.07. The molecule has 0 saturated carbocycles. The lowest BCUT2D eigenvalue weighted by molar-refractivity contribution is 0.0526. The van der Waals surface area contributed by atoms with Crippen molar-refractivity contribution in [2.45, 2.75) is 6.92 Å². The first-order chi connectivity index (χ1) is 6.69. The Balaban J connectivity index is 3.02. The van der Waals surface area contributed by atoms with Crippen LogP contribution in [0.15, 0.2) is 18.2 Å². The van der Waals surface area contributed by atoms with Gasteiger partial charge in [-0.15, -0.1) is 9.24 Å². The van der Waals surface area contributed by atoms with Crippen molar-refractivity contribution in [3.8, 4) is 6.07 Å². The minimum absolute atomic E-state index is 0.337. The molecule has 0 bridgehead atoms. The zero-order valence-electron chi connectivity index (χ0n) is 7.78. The predicted molar refractivity (Wildman–Crippen MR) is 56.5 cm³/mol. The van der Waals surface area contributed by atoms with Crippen LogP contribution >= 0.6 is 9.24 Å². The quantitative estimate of drug-likeness (QED) is 0.541. The Morgan fingerprint density at radius 1 is 1.64 bits per heavy atom. The fourth-order valence-electron chi connectivity index (χ4n) is 0.995. The van der Waals surface area contributed by atoms with Crippen LogP contribution in [0.3, 0.4) is 0 Å². The number of rotatable bonds is 2. The molecule has 3 nitrogen and oxygen atoms in total. The van der Waals surface area contributed by atoms with Gasteiger partial charge in [-0.05, 0) is 24.4 Å². The fourth-order valence-corrected chi connectivity index (χ4v) is 1.24. The first kappa shape index (κ1) is 10.7. The summed E-state index contributed by atoms with van der Waals surface area (Å²) in [6.45, 7) is 2.08. The number of nitrogens with zero attached hydrogens (tertiary/aromatic N) is 1. The van der Waals surface area contributed by atoms with E-state index in [2.05, 4.69) is 9.24 Å². The van der Waals surface area contributed by atoms with E-state index in [4.69, 9.17) is 10.00 Å². The number of nitriles is 1. The zero-order valence-corrected chi connectivity index (χ0v) is 8.93. The number of hydrogen-bond acceptors (Lipinski definition) is 3. The van der Waals surface area contributed by atoms with Gasteiger partial charge >= 0.3 is 5.97 Å². The summed E-state index contributed by atoms with van der Waals surface area (Å²) in [5.74, 6) is -0.394. The highest BCUT2D eigenvalue weighted by Gasteiger charge is 2.08. The molecule has 1 atom stereocenters. The smallest absolute Gasteiger partial charge is 0.338 e. The third kappa shape index (κ3) is 2.31. The summed E-state index contributed by atoms with van der Waals surface area (Å²) < 4.78 is 4.81. The molecule has 0 aliphatic heterocycles. The maximum atomic E-state index is 11.3. The molecule has 0 aliphatic carbocycles. The highest BCUT2D eigenvalue weighted by atomic mass is 31.0. The molecule has 0 heterocycles. The van der Waals surface area contributed by atoms with Gasteiger partial charge in [0.1, 0.15) is 0 Å². The number of benzene rings is 1. The summed E-state index contributed by atoms with van der Waals surface area (Å²) in [5, 5.41) is 9.52. The lowest BCUT2D eigenvalue weighted by atomic mass is 10.1. The van der Waals surface area contributed by atoms with E-state index in [9.17, 15) is 4.79 Å². The molecule has 0 aliphatic rings. The SMILES string of the molecule is CCOC(=O)c1ccc(P)c(C#N)c1. The molecular weight excluding hydrogens is 197 g/mol. The van der Waals surface area contributed by atoms with Crippen LogP contribution in [0.2, 0.25) is 0 Å². The molecule has 1 unspecified atom stereocenters. The van der Waals surface area contributed by atoms with Crippen molar-refractivity contribution in [2.75, 3.05) is 6.61 Å². The second-order valence-corrected chi connectivity index (χ2v) is 3.26. The molecule has 72 valence electrons. The van der Waals surface area contributed by atoms with E-state index in [-0.39, 0.29) is 0 Å². The molecule has 1 aromatic carbocycles. The van der Waals surface area contributed by atoms with Crippen LogP contribution in [0.4, 0.5) is 0 Å². The third-order valence-corrected chi connectivity index (χ3v) is 2.19. The maximum absolute atomic E-state index is 11.3. The average Bonchev–Trinajstić information content (AvgIpc) is 2.19. The van der Waals surface area contributed by atoms with Crippen molar-refractivity contribution in [3.05, 3.63) is 29.3 Å². The van der Waals surface area contributed by atoms with E-state index in [1.807, 2.05) is 6.07 Å². The predicted octanol–water partition coefficient (Wildman–Crippen LogP) is 1.24. The first-order valence-corrected chi connectivity index (χ1v) is 4.73. The monoisotopic (exact) mass is 207 g/mol. The van der Waals surface area contributed by atoms with Crippen molar-refractivity contribution in [1.29, 1.82) is 5.26 Å². The van der Waals surface area contributed by atoms with E-state index < -0.39 is 5.97 Å². The van der Waals surface area contributed by atoms with Gasteiger partial charge in [-0.25, -0.2) is 4.79 Å². The van der Waals surface area contributed by atoms with Crippen LogP contribution in [-0.4, -0.2) is 12.6 Å². The summed E-state index contributed by atoms with van der Waals surface area (Å²) >= 11 is 0. The number of carbonyl (C=O) groups is 1. The molecule has 0 amide bonds. The normalized spacial score (nSPS) is 9.21. The van der Waals surface area contributed by atoms with Crippen LogP contribution in [0.5, 0.6) is 0 Å².